The molecule has 3 atom stereocenters. The van der Waals surface area contributed by atoms with Crippen molar-refractivity contribution in [1.82, 2.24) is 0 Å². The first-order chi connectivity index (χ1) is 7.70. The van der Waals surface area contributed by atoms with Crippen molar-refractivity contribution in [2.45, 2.75) is 66.1 Å². The molecular weight excluding hydrogens is 213 g/mol. The van der Waals surface area contributed by atoms with E-state index < -0.39 is 0 Å². The first-order valence-corrected chi connectivity index (χ1v) is 7.20. The van der Waals surface area contributed by atoms with E-state index in [0.717, 1.165) is 12.8 Å². The van der Waals surface area contributed by atoms with E-state index >= 15 is 0 Å². The van der Waals surface area contributed by atoms with Gasteiger partial charge in [-0.05, 0) is 37.8 Å². The Morgan fingerprint density at radius 2 is 1.62 bits per heavy atom. The molecule has 3 unspecified atom stereocenters. The van der Waals surface area contributed by atoms with Crippen molar-refractivity contribution in [2.75, 3.05) is 0 Å². The first kappa shape index (κ1) is 18.2. The third-order valence-electron chi connectivity index (χ3n) is 2.60. The second-order valence-corrected chi connectivity index (χ2v) is 4.00. The zero-order valence-corrected chi connectivity index (χ0v) is 13.0. The van der Waals surface area contributed by atoms with Crippen LogP contribution in [0.3, 0.4) is 0 Å². The molecule has 0 aliphatic heterocycles. The van der Waals surface area contributed by atoms with Gasteiger partial charge < -0.3 is 5.73 Å². The summed E-state index contributed by atoms with van der Waals surface area (Å²) in [5, 5.41) is 0. The zero-order chi connectivity index (χ0) is 13.1. The van der Waals surface area contributed by atoms with Crippen LogP contribution >= 0.6 is 9.24 Å². The molecule has 0 amide bonds. The van der Waals surface area contributed by atoms with E-state index in [2.05, 4.69) is 35.2 Å². The molecule has 0 aromatic heterocycles. The minimum absolute atomic E-state index is 0.324. The molecule has 1 aliphatic rings. The average Bonchev–Trinajstić information content (AvgIpc) is 2.37. The fourth-order valence-electron chi connectivity index (χ4n) is 1.78. The van der Waals surface area contributed by atoms with Gasteiger partial charge in [-0.15, -0.1) is 9.24 Å². The van der Waals surface area contributed by atoms with Gasteiger partial charge in [0.1, 0.15) is 0 Å². The molecule has 1 aliphatic carbocycles. The monoisotopic (exact) mass is 243 g/mol. The van der Waals surface area contributed by atoms with Crippen LogP contribution in [0.25, 0.3) is 0 Å². The Balaban J connectivity index is 0. The van der Waals surface area contributed by atoms with E-state index in [0.29, 0.717) is 11.7 Å². The van der Waals surface area contributed by atoms with Crippen LogP contribution in [0.15, 0.2) is 23.3 Å². The molecule has 0 spiro atoms. The van der Waals surface area contributed by atoms with E-state index in [1.165, 1.54) is 11.1 Å². The lowest BCUT2D eigenvalue weighted by Crippen LogP contribution is -2.35. The summed E-state index contributed by atoms with van der Waals surface area (Å²) in [4.78, 5) is 0. The van der Waals surface area contributed by atoms with Gasteiger partial charge >= 0.3 is 0 Å². The fourth-order valence-corrected chi connectivity index (χ4v) is 2.38. The third-order valence-corrected chi connectivity index (χ3v) is 3.45. The number of hydrogen-bond donors (Lipinski definition) is 1. The van der Waals surface area contributed by atoms with Crippen molar-refractivity contribution in [3.05, 3.63) is 23.3 Å². The highest BCUT2D eigenvalue weighted by atomic mass is 31.0. The normalized spacial score (nSPS) is 29.0. The summed E-state index contributed by atoms with van der Waals surface area (Å²) in [6.07, 6.45) is 6.65. The molecule has 0 saturated heterocycles. The van der Waals surface area contributed by atoms with Crippen LogP contribution < -0.4 is 5.73 Å². The highest BCUT2D eigenvalue weighted by molar-refractivity contribution is 7.18. The summed E-state index contributed by atoms with van der Waals surface area (Å²) >= 11 is 0. The quantitative estimate of drug-likeness (QED) is 0.631. The van der Waals surface area contributed by atoms with Crippen LogP contribution in [0.5, 0.6) is 0 Å². The van der Waals surface area contributed by atoms with Crippen molar-refractivity contribution in [1.29, 1.82) is 0 Å². The average molecular weight is 243 g/mol. The highest BCUT2D eigenvalue weighted by Crippen LogP contribution is 2.32. The standard InChI is InChI=1S/C10H18NP.2C2H6/c1-3-7-5-6-9(11)10(12)8(7)4-2;2*1-2/h3-4,9-10H,5-6,11-12H2,1-2H3;2*1-2H3/b7-3-,8-4+;;. The zero-order valence-electron chi connectivity index (χ0n) is 11.9. The smallest absolute Gasteiger partial charge is 0.0146 e. The van der Waals surface area contributed by atoms with Gasteiger partial charge in [0, 0.05) is 11.7 Å². The lowest BCUT2D eigenvalue weighted by Gasteiger charge is -2.30. The summed E-state index contributed by atoms with van der Waals surface area (Å²) in [5.41, 5.74) is 9.32. The molecule has 1 rings (SSSR count). The summed E-state index contributed by atoms with van der Waals surface area (Å²) < 4.78 is 0. The summed E-state index contributed by atoms with van der Waals surface area (Å²) in [7, 11) is 2.85. The van der Waals surface area contributed by atoms with Crippen molar-refractivity contribution in [3.63, 3.8) is 0 Å². The van der Waals surface area contributed by atoms with E-state index in [4.69, 9.17) is 5.73 Å². The van der Waals surface area contributed by atoms with Crippen molar-refractivity contribution in [2.24, 2.45) is 5.73 Å². The van der Waals surface area contributed by atoms with Gasteiger partial charge in [0.2, 0.25) is 0 Å². The molecule has 2 heteroatoms. The summed E-state index contributed by atoms with van der Waals surface area (Å²) in [5.74, 6) is 0. The largest absolute Gasteiger partial charge is 0.327 e. The van der Waals surface area contributed by atoms with Crippen LogP contribution in [-0.2, 0) is 0 Å². The molecule has 0 aromatic rings. The Kier molecular flexibility index (Phi) is 12.9. The molecule has 1 nitrogen and oxygen atoms in total. The second-order valence-electron chi connectivity index (χ2n) is 3.29. The number of allylic oxidation sites excluding steroid dienone is 3. The highest BCUT2D eigenvalue weighted by Gasteiger charge is 2.24. The van der Waals surface area contributed by atoms with E-state index in [1.807, 2.05) is 27.7 Å². The van der Waals surface area contributed by atoms with Gasteiger partial charge in [-0.25, -0.2) is 0 Å². The lowest BCUT2D eigenvalue weighted by molar-refractivity contribution is 0.582. The summed E-state index contributed by atoms with van der Waals surface area (Å²) in [6, 6.07) is 0.324. The molecular formula is C14H30NP. The third kappa shape index (κ3) is 5.27. The predicted molar refractivity (Wildman–Crippen MR) is 80.9 cm³/mol. The van der Waals surface area contributed by atoms with Gasteiger partial charge in [-0.1, -0.05) is 39.8 Å². The van der Waals surface area contributed by atoms with Crippen LogP contribution in [-0.4, -0.2) is 11.7 Å². The van der Waals surface area contributed by atoms with Gasteiger partial charge in [-0.3, -0.25) is 0 Å². The molecule has 16 heavy (non-hydrogen) atoms. The Morgan fingerprint density at radius 3 is 2.00 bits per heavy atom. The van der Waals surface area contributed by atoms with Crippen LogP contribution in [0, 0.1) is 0 Å². The van der Waals surface area contributed by atoms with Crippen molar-refractivity contribution >= 4 is 9.24 Å². The minimum atomic E-state index is 0.324. The van der Waals surface area contributed by atoms with E-state index in [-0.39, 0.29) is 0 Å². The SMILES string of the molecule is C/C=C1/CCC(N)C(P)/C1=C/C.CC.CC. The van der Waals surface area contributed by atoms with Crippen molar-refractivity contribution in [3.8, 4) is 0 Å². The van der Waals surface area contributed by atoms with Crippen LogP contribution in [0.1, 0.15) is 54.4 Å². The molecule has 0 bridgehead atoms. The van der Waals surface area contributed by atoms with Gasteiger partial charge in [-0.2, -0.15) is 0 Å². The van der Waals surface area contributed by atoms with Crippen molar-refractivity contribution < 1.29 is 0 Å². The second kappa shape index (κ2) is 11.4. The maximum atomic E-state index is 5.97. The van der Waals surface area contributed by atoms with Gasteiger partial charge in [0.15, 0.2) is 0 Å². The molecule has 2 N–H and O–H groups in total. The lowest BCUT2D eigenvalue weighted by atomic mass is 9.86. The maximum absolute atomic E-state index is 5.97. The number of nitrogens with two attached hydrogens (primary N) is 1. The molecule has 1 saturated carbocycles. The Hall–Kier alpha value is -0.130. The summed E-state index contributed by atoms with van der Waals surface area (Å²) in [6.45, 7) is 12.2. The molecule has 96 valence electrons. The number of rotatable bonds is 0. The van der Waals surface area contributed by atoms with E-state index in [1.54, 1.807) is 0 Å². The topological polar surface area (TPSA) is 26.0 Å². The molecule has 0 heterocycles. The molecule has 0 radical (unpaired) electrons. The maximum Gasteiger partial charge on any atom is 0.0146 e. The van der Waals surface area contributed by atoms with Crippen LogP contribution in [0.4, 0.5) is 0 Å². The number of hydrogen-bond acceptors (Lipinski definition) is 1. The van der Waals surface area contributed by atoms with Crippen LogP contribution in [0.2, 0.25) is 0 Å². The van der Waals surface area contributed by atoms with E-state index in [9.17, 15) is 0 Å². The van der Waals surface area contributed by atoms with Gasteiger partial charge in [0.25, 0.3) is 0 Å². The minimum Gasteiger partial charge on any atom is -0.327 e. The molecule has 0 aromatic carbocycles. The Bertz CT molecular complexity index is 219. The molecule has 1 fully saturated rings. The predicted octanol–water partition coefficient (Wildman–Crippen LogP) is 4.30. The first-order valence-electron chi connectivity index (χ1n) is 6.53. The Morgan fingerprint density at radius 1 is 1.12 bits per heavy atom. The fraction of sp³-hybridized carbons (Fsp3) is 0.714. The Labute approximate surface area is 105 Å². The van der Waals surface area contributed by atoms with Gasteiger partial charge in [0.05, 0.1) is 0 Å².